The van der Waals surface area contributed by atoms with Crippen molar-refractivity contribution in [3.63, 3.8) is 0 Å². The first-order valence-electron chi connectivity index (χ1n) is 9.21. The van der Waals surface area contributed by atoms with Crippen LogP contribution in [0.15, 0.2) is 48.5 Å². The molecule has 10 heteroatoms. The van der Waals surface area contributed by atoms with E-state index in [9.17, 15) is 14.7 Å². The second kappa shape index (κ2) is 9.47. The van der Waals surface area contributed by atoms with Gasteiger partial charge in [-0.2, -0.15) is 0 Å². The number of hydrogen-bond acceptors (Lipinski definition) is 6. The lowest BCUT2D eigenvalue weighted by molar-refractivity contribution is -0.139. The van der Waals surface area contributed by atoms with Crippen molar-refractivity contribution < 1.29 is 14.7 Å². The number of aliphatic carboxylic acids is 1. The molecule has 0 aliphatic heterocycles. The normalized spacial score (nSPS) is 12.9. The number of carbonyl (C=O) groups is 2. The van der Waals surface area contributed by atoms with Crippen molar-refractivity contribution in [2.45, 2.75) is 25.4 Å². The summed E-state index contributed by atoms with van der Waals surface area (Å²) in [5, 5.41) is 26.1. The zero-order valence-corrected chi connectivity index (χ0v) is 17.2. The predicted octanol–water partition coefficient (Wildman–Crippen LogP) is 2.14. The van der Waals surface area contributed by atoms with E-state index in [2.05, 4.69) is 26.2 Å². The fourth-order valence-corrected chi connectivity index (χ4v) is 3.22. The van der Waals surface area contributed by atoms with Crippen molar-refractivity contribution in [1.82, 2.24) is 25.5 Å². The molecule has 0 saturated heterocycles. The highest BCUT2D eigenvalue weighted by Crippen LogP contribution is 2.29. The van der Waals surface area contributed by atoms with Crippen LogP contribution < -0.4 is 10.6 Å². The lowest BCUT2D eigenvalue weighted by atomic mass is 9.99. The second-order valence-corrected chi connectivity index (χ2v) is 7.19. The van der Waals surface area contributed by atoms with Crippen LogP contribution in [-0.4, -0.2) is 49.3 Å². The molecule has 3 N–H and O–H groups in total. The molecular weight excluding hydrogens is 408 g/mol. The Morgan fingerprint density at radius 2 is 1.93 bits per heavy atom. The number of halogens is 1. The third-order valence-corrected chi connectivity index (χ3v) is 4.86. The maximum Gasteiger partial charge on any atom is 0.320 e. The molecule has 2 aromatic carbocycles. The number of nitrogens with zero attached hydrogens (tertiary/aromatic N) is 4. The van der Waals surface area contributed by atoms with Gasteiger partial charge in [0, 0.05) is 17.6 Å². The van der Waals surface area contributed by atoms with Gasteiger partial charge < -0.3 is 5.11 Å². The molecule has 0 bridgehead atoms. The van der Waals surface area contributed by atoms with Crippen molar-refractivity contribution in [2.75, 3.05) is 5.32 Å². The number of nitrogens with one attached hydrogen (secondary N) is 2. The number of carboxylic acids is 1. The Morgan fingerprint density at radius 3 is 2.53 bits per heavy atom. The van der Waals surface area contributed by atoms with Crippen LogP contribution in [0.3, 0.4) is 0 Å². The largest absolute Gasteiger partial charge is 0.480 e. The minimum atomic E-state index is -1.06. The highest BCUT2D eigenvalue weighted by Gasteiger charge is 2.25. The number of carbonyl (C=O) groups excluding carboxylic acids is 1. The molecular formula is C20H21ClN6O3. The number of anilines is 1. The Hall–Kier alpha value is -3.30. The molecule has 3 aromatic rings. The van der Waals surface area contributed by atoms with Crippen LogP contribution in [0.1, 0.15) is 12.5 Å². The van der Waals surface area contributed by atoms with Gasteiger partial charge in [-0.3, -0.25) is 20.2 Å². The van der Waals surface area contributed by atoms with E-state index >= 15 is 0 Å². The molecule has 0 fully saturated rings. The van der Waals surface area contributed by atoms with Crippen LogP contribution in [0.5, 0.6) is 0 Å². The zero-order chi connectivity index (χ0) is 21.7. The lowest BCUT2D eigenvalue weighted by Crippen LogP contribution is -2.49. The number of rotatable bonds is 8. The van der Waals surface area contributed by atoms with Gasteiger partial charge in [0.1, 0.15) is 6.04 Å². The van der Waals surface area contributed by atoms with Gasteiger partial charge in [0.25, 0.3) is 0 Å². The van der Waals surface area contributed by atoms with Gasteiger partial charge in [0.05, 0.1) is 6.04 Å². The molecule has 0 saturated carbocycles. The number of carboxylic acid groups (broad SMARTS) is 1. The number of aromatic nitrogens is 4. The zero-order valence-electron chi connectivity index (χ0n) is 16.4. The maximum absolute atomic E-state index is 12.8. The number of amides is 1. The monoisotopic (exact) mass is 428 g/mol. The fraction of sp³-hybridized carbons (Fsp3) is 0.250. The van der Waals surface area contributed by atoms with Gasteiger partial charge in [-0.15, -0.1) is 0 Å². The molecule has 1 heterocycles. The third-order valence-electron chi connectivity index (χ3n) is 4.55. The summed E-state index contributed by atoms with van der Waals surface area (Å²) in [5.74, 6) is -1.36. The van der Waals surface area contributed by atoms with Crippen molar-refractivity contribution in [1.29, 1.82) is 0 Å². The van der Waals surface area contributed by atoms with Gasteiger partial charge in [-0.25, -0.2) is 4.68 Å². The number of tetrazole rings is 1. The van der Waals surface area contributed by atoms with E-state index in [1.165, 1.54) is 11.6 Å². The van der Waals surface area contributed by atoms with Gasteiger partial charge in [0.15, 0.2) is 0 Å². The van der Waals surface area contributed by atoms with Gasteiger partial charge in [-0.1, -0.05) is 59.2 Å². The molecule has 2 atom stereocenters. The standard InChI is InChI=1S/C20H21ClN6O3/c1-12(19(29)30)22-17(18(28)23-20-24-25-26-27(20)2)11-13-8-9-15(16(21)10-13)14-6-4-3-5-7-14/h3-10,12,17,22H,11H2,1-2H3,(H,29,30)(H,23,24,26,28)/t12-,17-/m0/s1. The van der Waals surface area contributed by atoms with Crippen LogP contribution in [0.4, 0.5) is 5.95 Å². The first-order chi connectivity index (χ1) is 14.3. The molecule has 1 aromatic heterocycles. The predicted molar refractivity (Wildman–Crippen MR) is 112 cm³/mol. The van der Waals surface area contributed by atoms with Crippen molar-refractivity contribution in [3.8, 4) is 11.1 Å². The van der Waals surface area contributed by atoms with Crippen LogP contribution in [0.25, 0.3) is 11.1 Å². The Kier molecular flexibility index (Phi) is 6.76. The number of benzene rings is 2. The summed E-state index contributed by atoms with van der Waals surface area (Å²) in [6.07, 6.45) is 0.226. The topological polar surface area (TPSA) is 122 Å². The Labute approximate surface area is 178 Å². The van der Waals surface area contributed by atoms with E-state index in [-0.39, 0.29) is 12.4 Å². The maximum atomic E-state index is 12.8. The Morgan fingerprint density at radius 1 is 1.20 bits per heavy atom. The second-order valence-electron chi connectivity index (χ2n) is 6.78. The summed E-state index contributed by atoms with van der Waals surface area (Å²) in [5.41, 5.74) is 2.64. The molecule has 0 unspecified atom stereocenters. The smallest absolute Gasteiger partial charge is 0.320 e. The molecule has 9 nitrogen and oxygen atoms in total. The van der Waals surface area contributed by atoms with Crippen LogP contribution in [-0.2, 0) is 23.1 Å². The Balaban J connectivity index is 1.81. The molecule has 0 radical (unpaired) electrons. The lowest BCUT2D eigenvalue weighted by Gasteiger charge is -2.21. The first-order valence-corrected chi connectivity index (χ1v) is 9.59. The van der Waals surface area contributed by atoms with E-state index < -0.39 is 24.0 Å². The van der Waals surface area contributed by atoms with Crippen molar-refractivity contribution in [3.05, 3.63) is 59.1 Å². The summed E-state index contributed by atoms with van der Waals surface area (Å²) in [6.45, 7) is 1.47. The SMILES string of the molecule is C[C@H](N[C@@H](Cc1ccc(-c2ccccc2)c(Cl)c1)C(=O)Nc1nnnn1C)C(=O)O. The summed E-state index contributed by atoms with van der Waals surface area (Å²) >= 11 is 6.47. The van der Waals surface area contributed by atoms with Crippen LogP contribution in [0, 0.1) is 0 Å². The van der Waals surface area contributed by atoms with E-state index in [0.29, 0.717) is 5.02 Å². The molecule has 1 amide bonds. The van der Waals surface area contributed by atoms with Gasteiger partial charge in [-0.05, 0) is 41.0 Å². The first kappa shape index (κ1) is 21.4. The van der Waals surface area contributed by atoms with Crippen molar-refractivity contribution in [2.24, 2.45) is 7.05 Å². The Bertz CT molecular complexity index is 1040. The highest BCUT2D eigenvalue weighted by molar-refractivity contribution is 6.33. The van der Waals surface area contributed by atoms with Crippen LogP contribution >= 0.6 is 11.6 Å². The van der Waals surface area contributed by atoms with E-state index in [1.54, 1.807) is 13.1 Å². The summed E-state index contributed by atoms with van der Waals surface area (Å²) < 4.78 is 1.31. The van der Waals surface area contributed by atoms with E-state index in [4.69, 9.17) is 11.6 Å². The molecule has 3 rings (SSSR count). The minimum Gasteiger partial charge on any atom is -0.480 e. The van der Waals surface area contributed by atoms with E-state index in [0.717, 1.165) is 16.7 Å². The van der Waals surface area contributed by atoms with E-state index in [1.807, 2.05) is 42.5 Å². The molecule has 0 aliphatic carbocycles. The summed E-state index contributed by atoms with van der Waals surface area (Å²) in [6, 6.07) is 13.5. The average Bonchev–Trinajstić information content (AvgIpc) is 3.12. The van der Waals surface area contributed by atoms with Gasteiger partial charge in [0.2, 0.25) is 11.9 Å². The molecule has 30 heavy (non-hydrogen) atoms. The quantitative estimate of drug-likeness (QED) is 0.502. The van der Waals surface area contributed by atoms with Crippen molar-refractivity contribution >= 4 is 29.4 Å². The number of hydrogen-bond donors (Lipinski definition) is 3. The molecule has 156 valence electrons. The third kappa shape index (κ3) is 5.19. The molecule has 0 aliphatic rings. The average molecular weight is 429 g/mol. The van der Waals surface area contributed by atoms with Gasteiger partial charge >= 0.3 is 5.97 Å². The summed E-state index contributed by atoms with van der Waals surface area (Å²) in [4.78, 5) is 24.1. The highest BCUT2D eigenvalue weighted by atomic mass is 35.5. The number of aryl methyl sites for hydroxylation is 1. The molecule has 0 spiro atoms. The van der Waals surface area contributed by atoms with Crippen LogP contribution in [0.2, 0.25) is 5.02 Å². The minimum absolute atomic E-state index is 0.159. The summed E-state index contributed by atoms with van der Waals surface area (Å²) in [7, 11) is 1.58. The fourth-order valence-electron chi connectivity index (χ4n) is 2.91.